The lowest BCUT2D eigenvalue weighted by atomic mass is 10.2. The van der Waals surface area contributed by atoms with Gasteiger partial charge in [-0.05, 0) is 55.5 Å². The van der Waals surface area contributed by atoms with Crippen LogP contribution < -0.4 is 14.2 Å². The van der Waals surface area contributed by atoms with E-state index >= 15 is 0 Å². The molecule has 6 heteroatoms. The highest BCUT2D eigenvalue weighted by atomic mass is 16.7. The minimum absolute atomic E-state index is 0.235. The lowest BCUT2D eigenvalue weighted by molar-refractivity contribution is -0.144. The van der Waals surface area contributed by atoms with Gasteiger partial charge in [0.25, 0.3) is 0 Å². The molecular formula is C19H18O6. The molecule has 0 bridgehead atoms. The van der Waals surface area contributed by atoms with Crippen LogP contribution in [0.1, 0.15) is 17.3 Å². The van der Waals surface area contributed by atoms with Crippen LogP contribution in [0.3, 0.4) is 0 Å². The summed E-state index contributed by atoms with van der Waals surface area (Å²) in [5.41, 5.74) is 0.365. The van der Waals surface area contributed by atoms with Crippen LogP contribution in [0.5, 0.6) is 17.2 Å². The molecule has 0 amide bonds. The van der Waals surface area contributed by atoms with Gasteiger partial charge in [0.1, 0.15) is 17.2 Å². The molecule has 0 atom stereocenters. The first-order chi connectivity index (χ1) is 12.1. The standard InChI is InChI=1S/C19H18O6/c1-3-18(20)24-13-23-16-7-5-14(6-8-16)19(21)25-17-11-9-15(10-12-17)22-4-2/h3,5-12H,1,4,13H2,2H3. The van der Waals surface area contributed by atoms with Crippen LogP contribution in [-0.4, -0.2) is 25.3 Å². The van der Waals surface area contributed by atoms with E-state index in [0.29, 0.717) is 29.4 Å². The van der Waals surface area contributed by atoms with E-state index in [1.165, 1.54) is 0 Å². The third kappa shape index (κ3) is 5.69. The summed E-state index contributed by atoms with van der Waals surface area (Å²) in [6, 6.07) is 13.1. The van der Waals surface area contributed by atoms with Crippen LogP contribution in [-0.2, 0) is 9.53 Å². The monoisotopic (exact) mass is 342 g/mol. The van der Waals surface area contributed by atoms with Gasteiger partial charge in [-0.25, -0.2) is 9.59 Å². The van der Waals surface area contributed by atoms with Crippen molar-refractivity contribution in [3.8, 4) is 17.2 Å². The maximum Gasteiger partial charge on any atom is 0.343 e. The zero-order valence-corrected chi connectivity index (χ0v) is 13.8. The third-order valence-corrected chi connectivity index (χ3v) is 3.03. The SMILES string of the molecule is C=CC(=O)OCOc1ccc(C(=O)Oc2ccc(OCC)cc2)cc1. The number of carbonyl (C=O) groups is 2. The summed E-state index contributed by atoms with van der Waals surface area (Å²) in [7, 11) is 0. The minimum atomic E-state index is -0.574. The number of carbonyl (C=O) groups excluding carboxylic acids is 2. The Morgan fingerprint density at radius 3 is 2.08 bits per heavy atom. The fourth-order valence-corrected chi connectivity index (χ4v) is 1.84. The second-order valence-corrected chi connectivity index (χ2v) is 4.75. The number of esters is 2. The van der Waals surface area contributed by atoms with Crippen molar-refractivity contribution < 1.29 is 28.5 Å². The zero-order valence-electron chi connectivity index (χ0n) is 13.8. The van der Waals surface area contributed by atoms with Crippen molar-refractivity contribution in [3.63, 3.8) is 0 Å². The molecule has 0 spiro atoms. The van der Waals surface area contributed by atoms with Crippen molar-refractivity contribution in [2.24, 2.45) is 0 Å². The quantitative estimate of drug-likeness (QED) is 0.317. The Hall–Kier alpha value is -3.28. The number of rotatable bonds is 8. The van der Waals surface area contributed by atoms with Gasteiger partial charge in [0.2, 0.25) is 6.79 Å². The molecule has 0 heterocycles. The smallest absolute Gasteiger partial charge is 0.343 e. The van der Waals surface area contributed by atoms with E-state index < -0.39 is 11.9 Å². The summed E-state index contributed by atoms with van der Waals surface area (Å²) in [5.74, 6) is 0.518. The first-order valence-corrected chi connectivity index (χ1v) is 7.59. The van der Waals surface area contributed by atoms with Crippen molar-refractivity contribution in [1.82, 2.24) is 0 Å². The molecule has 130 valence electrons. The van der Waals surface area contributed by atoms with Crippen LogP contribution >= 0.6 is 0 Å². The molecule has 0 unspecified atom stereocenters. The molecule has 2 rings (SSSR count). The molecule has 0 radical (unpaired) electrons. The van der Waals surface area contributed by atoms with E-state index in [9.17, 15) is 9.59 Å². The number of ether oxygens (including phenoxy) is 4. The maximum absolute atomic E-state index is 12.1. The topological polar surface area (TPSA) is 71.1 Å². The third-order valence-electron chi connectivity index (χ3n) is 3.03. The van der Waals surface area contributed by atoms with Crippen molar-refractivity contribution in [1.29, 1.82) is 0 Å². The number of hydrogen-bond acceptors (Lipinski definition) is 6. The van der Waals surface area contributed by atoms with Crippen molar-refractivity contribution in [2.45, 2.75) is 6.92 Å². The van der Waals surface area contributed by atoms with Gasteiger partial charge < -0.3 is 18.9 Å². The van der Waals surface area contributed by atoms with Crippen LogP contribution in [0, 0.1) is 0 Å². The van der Waals surface area contributed by atoms with Gasteiger partial charge in [-0.2, -0.15) is 0 Å². The predicted octanol–water partition coefficient (Wildman–Crippen LogP) is 3.37. The highest BCUT2D eigenvalue weighted by Gasteiger charge is 2.09. The molecule has 25 heavy (non-hydrogen) atoms. The Labute approximate surface area is 145 Å². The molecule has 2 aromatic carbocycles. The highest BCUT2D eigenvalue weighted by Crippen LogP contribution is 2.19. The summed E-state index contributed by atoms with van der Waals surface area (Å²) in [5, 5.41) is 0. The normalized spacial score (nSPS) is 9.80. The van der Waals surface area contributed by atoms with E-state index in [0.717, 1.165) is 6.08 Å². The molecule has 0 saturated carbocycles. The molecule has 0 fully saturated rings. The van der Waals surface area contributed by atoms with Crippen LogP contribution in [0.4, 0.5) is 0 Å². The maximum atomic E-state index is 12.1. The van der Waals surface area contributed by atoms with Crippen LogP contribution in [0.25, 0.3) is 0 Å². The molecule has 6 nitrogen and oxygen atoms in total. The van der Waals surface area contributed by atoms with E-state index in [1.54, 1.807) is 48.5 Å². The Balaban J connectivity index is 1.89. The number of benzene rings is 2. The fourth-order valence-electron chi connectivity index (χ4n) is 1.84. The summed E-state index contributed by atoms with van der Waals surface area (Å²) >= 11 is 0. The summed E-state index contributed by atoms with van der Waals surface area (Å²) in [6.07, 6.45) is 1.05. The van der Waals surface area contributed by atoms with E-state index in [-0.39, 0.29) is 6.79 Å². The van der Waals surface area contributed by atoms with Gasteiger partial charge in [0, 0.05) is 6.08 Å². The molecule has 0 aromatic heterocycles. The summed E-state index contributed by atoms with van der Waals surface area (Å²) < 4.78 is 20.5. The largest absolute Gasteiger partial charge is 0.494 e. The van der Waals surface area contributed by atoms with Gasteiger partial charge in [0.15, 0.2) is 0 Å². The summed E-state index contributed by atoms with van der Waals surface area (Å²) in [6.45, 7) is 5.51. The van der Waals surface area contributed by atoms with Crippen molar-refractivity contribution in [3.05, 3.63) is 66.7 Å². The average molecular weight is 342 g/mol. The first-order valence-electron chi connectivity index (χ1n) is 7.59. The van der Waals surface area contributed by atoms with Gasteiger partial charge in [-0.3, -0.25) is 0 Å². The Morgan fingerprint density at radius 2 is 1.48 bits per heavy atom. The molecule has 0 aliphatic heterocycles. The van der Waals surface area contributed by atoms with Crippen molar-refractivity contribution in [2.75, 3.05) is 13.4 Å². The Morgan fingerprint density at radius 1 is 0.920 bits per heavy atom. The lowest BCUT2D eigenvalue weighted by Crippen LogP contribution is -2.09. The zero-order chi connectivity index (χ0) is 18.1. The highest BCUT2D eigenvalue weighted by molar-refractivity contribution is 5.91. The van der Waals surface area contributed by atoms with Crippen LogP contribution in [0.15, 0.2) is 61.2 Å². The second-order valence-electron chi connectivity index (χ2n) is 4.75. The molecular weight excluding hydrogens is 324 g/mol. The first kappa shape index (κ1) is 18.1. The molecule has 0 aliphatic carbocycles. The fraction of sp³-hybridized carbons (Fsp3) is 0.158. The van der Waals surface area contributed by atoms with Crippen molar-refractivity contribution >= 4 is 11.9 Å². The van der Waals surface area contributed by atoms with E-state index in [4.69, 9.17) is 18.9 Å². The predicted molar refractivity (Wildman–Crippen MR) is 90.8 cm³/mol. The Kier molecular flexibility index (Phi) is 6.59. The number of hydrogen-bond donors (Lipinski definition) is 0. The van der Waals surface area contributed by atoms with Gasteiger partial charge in [0.05, 0.1) is 12.2 Å². The molecule has 0 aliphatic rings. The Bertz CT molecular complexity index is 719. The average Bonchev–Trinajstić information content (AvgIpc) is 2.64. The van der Waals surface area contributed by atoms with Gasteiger partial charge in [-0.15, -0.1) is 0 Å². The second kappa shape index (κ2) is 9.12. The van der Waals surface area contributed by atoms with Gasteiger partial charge in [-0.1, -0.05) is 6.58 Å². The van der Waals surface area contributed by atoms with Crippen LogP contribution in [0.2, 0.25) is 0 Å². The molecule has 0 N–H and O–H groups in total. The lowest BCUT2D eigenvalue weighted by Gasteiger charge is -2.08. The molecule has 2 aromatic rings. The minimum Gasteiger partial charge on any atom is -0.494 e. The van der Waals surface area contributed by atoms with Gasteiger partial charge >= 0.3 is 11.9 Å². The van der Waals surface area contributed by atoms with E-state index in [1.807, 2.05) is 6.92 Å². The van der Waals surface area contributed by atoms with E-state index in [2.05, 4.69) is 6.58 Å². The molecule has 0 saturated heterocycles. The summed E-state index contributed by atoms with van der Waals surface area (Å²) in [4.78, 5) is 23.0.